The number of benzene rings is 2. The van der Waals surface area contributed by atoms with Gasteiger partial charge in [-0.25, -0.2) is 4.39 Å². The Bertz CT molecular complexity index is 605. The van der Waals surface area contributed by atoms with Crippen LogP contribution in [-0.4, -0.2) is 5.91 Å². The average molecular weight is 272 g/mol. The van der Waals surface area contributed by atoms with Crippen molar-refractivity contribution in [1.29, 1.82) is 0 Å². The van der Waals surface area contributed by atoms with E-state index in [1.165, 1.54) is 12.1 Å². The molecule has 0 fully saturated rings. The molecule has 0 aliphatic rings. The summed E-state index contributed by atoms with van der Waals surface area (Å²) in [6.45, 7) is 2.61. The van der Waals surface area contributed by atoms with Gasteiger partial charge in [0.1, 0.15) is 5.82 Å². The lowest BCUT2D eigenvalue weighted by molar-refractivity contribution is 0.0950. The van der Waals surface area contributed by atoms with E-state index in [2.05, 4.69) is 5.32 Å². The molecule has 0 bridgehead atoms. The summed E-state index contributed by atoms with van der Waals surface area (Å²) in [6, 6.07) is 12.0. The zero-order valence-electron chi connectivity index (χ0n) is 11.3. The van der Waals surface area contributed by atoms with Crippen molar-refractivity contribution in [3.05, 3.63) is 70.5 Å². The molecule has 0 spiro atoms. The normalized spacial score (nSPS) is 10.3. The highest BCUT2D eigenvalue weighted by atomic mass is 19.1. The summed E-state index contributed by atoms with van der Waals surface area (Å²) >= 11 is 0. The second-order valence-corrected chi connectivity index (χ2v) is 4.72. The lowest BCUT2D eigenvalue weighted by atomic mass is 10.1. The highest BCUT2D eigenvalue weighted by molar-refractivity contribution is 5.94. The maximum atomic E-state index is 13.3. The molecule has 0 aliphatic heterocycles. The smallest absolute Gasteiger partial charge is 0.251 e. The molecule has 20 heavy (non-hydrogen) atoms. The molecule has 0 atom stereocenters. The van der Waals surface area contributed by atoms with Crippen LogP contribution in [0.25, 0.3) is 0 Å². The quantitative estimate of drug-likeness (QED) is 0.898. The Balaban J connectivity index is 2.04. The van der Waals surface area contributed by atoms with Crippen molar-refractivity contribution >= 4 is 5.91 Å². The van der Waals surface area contributed by atoms with Crippen molar-refractivity contribution in [2.45, 2.75) is 20.0 Å². The molecule has 1 amide bonds. The van der Waals surface area contributed by atoms with Gasteiger partial charge in [-0.3, -0.25) is 4.79 Å². The topological polar surface area (TPSA) is 55.1 Å². The summed E-state index contributed by atoms with van der Waals surface area (Å²) < 4.78 is 13.3. The number of nitrogens with two attached hydrogens (primary N) is 1. The van der Waals surface area contributed by atoms with Crippen molar-refractivity contribution in [3.8, 4) is 0 Å². The van der Waals surface area contributed by atoms with E-state index in [-0.39, 0.29) is 5.91 Å². The predicted molar refractivity (Wildman–Crippen MR) is 76.6 cm³/mol. The summed E-state index contributed by atoms with van der Waals surface area (Å²) in [5, 5.41) is 2.77. The molecule has 0 radical (unpaired) electrons. The lowest BCUT2D eigenvalue weighted by Gasteiger charge is -2.07. The highest BCUT2D eigenvalue weighted by Crippen LogP contribution is 2.09. The van der Waals surface area contributed by atoms with E-state index in [0.29, 0.717) is 18.7 Å². The molecule has 104 valence electrons. The van der Waals surface area contributed by atoms with Crippen molar-refractivity contribution in [3.63, 3.8) is 0 Å². The summed E-state index contributed by atoms with van der Waals surface area (Å²) in [5.74, 6) is -0.689. The van der Waals surface area contributed by atoms with E-state index in [9.17, 15) is 9.18 Å². The Morgan fingerprint density at radius 1 is 1.20 bits per heavy atom. The number of nitrogens with one attached hydrogen (secondary N) is 1. The van der Waals surface area contributed by atoms with Crippen LogP contribution in [0.1, 0.15) is 27.0 Å². The number of aryl methyl sites for hydroxylation is 1. The Morgan fingerprint density at radius 3 is 2.65 bits per heavy atom. The maximum absolute atomic E-state index is 13.3. The molecular weight excluding hydrogens is 255 g/mol. The molecule has 3 N–H and O–H groups in total. The van der Waals surface area contributed by atoms with Crippen LogP contribution in [0.3, 0.4) is 0 Å². The van der Waals surface area contributed by atoms with Crippen LogP contribution in [0.15, 0.2) is 42.5 Å². The molecule has 2 aromatic rings. The molecule has 0 saturated carbocycles. The molecule has 0 heterocycles. The lowest BCUT2D eigenvalue weighted by Crippen LogP contribution is -2.23. The van der Waals surface area contributed by atoms with Gasteiger partial charge >= 0.3 is 0 Å². The zero-order valence-corrected chi connectivity index (χ0v) is 11.3. The van der Waals surface area contributed by atoms with Crippen LogP contribution < -0.4 is 11.1 Å². The van der Waals surface area contributed by atoms with Gasteiger partial charge in [0.25, 0.3) is 5.91 Å². The fraction of sp³-hybridized carbons (Fsp3) is 0.188. The first kappa shape index (κ1) is 14.2. The van der Waals surface area contributed by atoms with Gasteiger partial charge in [-0.2, -0.15) is 0 Å². The van der Waals surface area contributed by atoms with Crippen LogP contribution >= 0.6 is 0 Å². The zero-order chi connectivity index (χ0) is 14.5. The van der Waals surface area contributed by atoms with E-state index in [1.807, 2.05) is 24.3 Å². The van der Waals surface area contributed by atoms with Crippen molar-refractivity contribution in [1.82, 2.24) is 5.32 Å². The summed E-state index contributed by atoms with van der Waals surface area (Å²) in [4.78, 5) is 12.0. The molecule has 0 saturated heterocycles. The minimum Gasteiger partial charge on any atom is -0.348 e. The van der Waals surface area contributed by atoms with Crippen molar-refractivity contribution < 1.29 is 9.18 Å². The fourth-order valence-corrected chi connectivity index (χ4v) is 2.02. The average Bonchev–Trinajstić information content (AvgIpc) is 2.44. The number of carbonyl (C=O) groups is 1. The number of hydrogen-bond acceptors (Lipinski definition) is 2. The van der Waals surface area contributed by atoms with E-state index in [0.717, 1.165) is 16.7 Å². The molecule has 2 rings (SSSR count). The van der Waals surface area contributed by atoms with Gasteiger partial charge in [-0.05, 0) is 41.8 Å². The molecule has 0 aliphatic carbocycles. The van der Waals surface area contributed by atoms with Gasteiger partial charge in [0.2, 0.25) is 0 Å². The minimum atomic E-state index is -0.403. The molecule has 3 nitrogen and oxygen atoms in total. The van der Waals surface area contributed by atoms with Crippen LogP contribution in [0.5, 0.6) is 0 Å². The Morgan fingerprint density at radius 2 is 1.95 bits per heavy atom. The fourth-order valence-electron chi connectivity index (χ4n) is 2.02. The van der Waals surface area contributed by atoms with Gasteiger partial charge in [0.05, 0.1) is 0 Å². The van der Waals surface area contributed by atoms with Crippen LogP contribution in [0.4, 0.5) is 4.39 Å². The summed E-state index contributed by atoms with van der Waals surface area (Å²) in [6.07, 6.45) is 0. The first-order chi connectivity index (χ1) is 9.58. The standard InChI is InChI=1S/C16H17FN2O/c1-11-5-14(8-15(17)6-11)16(20)19-10-13-4-2-3-12(7-13)9-18/h2-8H,9-10,18H2,1H3,(H,19,20). The Kier molecular flexibility index (Phi) is 4.48. The number of carbonyl (C=O) groups excluding carboxylic acids is 1. The second-order valence-electron chi connectivity index (χ2n) is 4.72. The highest BCUT2D eigenvalue weighted by Gasteiger charge is 2.07. The summed E-state index contributed by atoms with van der Waals surface area (Å²) in [5.41, 5.74) is 8.60. The molecule has 0 aromatic heterocycles. The number of amides is 1. The number of rotatable bonds is 4. The summed E-state index contributed by atoms with van der Waals surface area (Å²) in [7, 11) is 0. The monoisotopic (exact) mass is 272 g/mol. The van der Waals surface area contributed by atoms with E-state index in [1.54, 1.807) is 13.0 Å². The van der Waals surface area contributed by atoms with E-state index < -0.39 is 5.82 Å². The first-order valence-electron chi connectivity index (χ1n) is 6.42. The molecule has 0 unspecified atom stereocenters. The van der Waals surface area contributed by atoms with Crippen LogP contribution in [-0.2, 0) is 13.1 Å². The molecular formula is C16H17FN2O. The minimum absolute atomic E-state index is 0.286. The molecule has 4 heteroatoms. The largest absolute Gasteiger partial charge is 0.348 e. The van der Waals surface area contributed by atoms with Crippen LogP contribution in [0, 0.1) is 12.7 Å². The predicted octanol–water partition coefficient (Wildman–Crippen LogP) is 2.52. The van der Waals surface area contributed by atoms with Gasteiger partial charge in [0, 0.05) is 18.7 Å². The van der Waals surface area contributed by atoms with Crippen molar-refractivity contribution in [2.75, 3.05) is 0 Å². The molecule has 2 aromatic carbocycles. The first-order valence-corrected chi connectivity index (χ1v) is 6.42. The van der Waals surface area contributed by atoms with Gasteiger partial charge in [-0.1, -0.05) is 24.3 Å². The third-order valence-electron chi connectivity index (χ3n) is 2.98. The Labute approximate surface area is 117 Å². The van der Waals surface area contributed by atoms with Crippen LogP contribution in [0.2, 0.25) is 0 Å². The maximum Gasteiger partial charge on any atom is 0.251 e. The SMILES string of the molecule is Cc1cc(F)cc(C(=O)NCc2cccc(CN)c2)c1. The third-order valence-corrected chi connectivity index (χ3v) is 2.98. The van der Waals surface area contributed by atoms with E-state index in [4.69, 9.17) is 5.73 Å². The van der Waals surface area contributed by atoms with E-state index >= 15 is 0 Å². The van der Waals surface area contributed by atoms with Gasteiger partial charge in [-0.15, -0.1) is 0 Å². The van der Waals surface area contributed by atoms with Crippen molar-refractivity contribution in [2.24, 2.45) is 5.73 Å². The Hall–Kier alpha value is -2.20. The number of hydrogen-bond donors (Lipinski definition) is 2. The van der Waals surface area contributed by atoms with Gasteiger partial charge < -0.3 is 11.1 Å². The second kappa shape index (κ2) is 6.30. The number of halogens is 1. The third kappa shape index (κ3) is 3.65. The van der Waals surface area contributed by atoms with Gasteiger partial charge in [0.15, 0.2) is 0 Å².